The maximum Gasteiger partial charge on any atom is 0.197 e. The van der Waals surface area contributed by atoms with Crippen molar-refractivity contribution in [2.75, 3.05) is 7.11 Å². The topological polar surface area (TPSA) is 42.1 Å². The number of fused-ring (bicyclic) bond motifs is 1. The van der Waals surface area contributed by atoms with Crippen molar-refractivity contribution in [2.24, 2.45) is 0 Å². The summed E-state index contributed by atoms with van der Waals surface area (Å²) in [5.74, 6) is 0.158. The molecule has 1 N–H and O–H groups in total. The van der Waals surface area contributed by atoms with Crippen LogP contribution in [0.15, 0.2) is 41.2 Å². The minimum Gasteiger partial charge on any atom is -0.495 e. The summed E-state index contributed by atoms with van der Waals surface area (Å²) in [5.41, 5.74) is 2.37. The van der Waals surface area contributed by atoms with E-state index in [-0.39, 0.29) is 11.2 Å². The number of hydrogen-bond donors (Lipinski definition) is 1. The highest BCUT2D eigenvalue weighted by Gasteiger charge is 2.14. The van der Waals surface area contributed by atoms with E-state index in [2.05, 4.69) is 4.98 Å². The van der Waals surface area contributed by atoms with Gasteiger partial charge >= 0.3 is 0 Å². The van der Waals surface area contributed by atoms with Gasteiger partial charge in [0, 0.05) is 22.7 Å². The smallest absolute Gasteiger partial charge is 0.197 e. The van der Waals surface area contributed by atoms with Crippen molar-refractivity contribution in [3.05, 3.63) is 63.2 Å². The lowest BCUT2D eigenvalue weighted by Gasteiger charge is -2.10. The third-order valence-electron chi connectivity index (χ3n) is 3.59. The number of aryl methyl sites for hydroxylation is 1. The Kier molecular flexibility index (Phi) is 3.62. The van der Waals surface area contributed by atoms with E-state index < -0.39 is 0 Å². The molecule has 1 aromatic heterocycles. The lowest BCUT2D eigenvalue weighted by molar-refractivity contribution is 0.415. The molecule has 0 aliphatic carbocycles. The van der Waals surface area contributed by atoms with Crippen LogP contribution >= 0.6 is 11.6 Å². The summed E-state index contributed by atoms with van der Waals surface area (Å²) >= 11 is 6.11. The average molecular weight is 318 g/mol. The number of ether oxygens (including phenoxy) is 1. The van der Waals surface area contributed by atoms with E-state index >= 15 is 0 Å². The van der Waals surface area contributed by atoms with Gasteiger partial charge in [-0.2, -0.15) is 0 Å². The van der Waals surface area contributed by atoms with Gasteiger partial charge in [-0.15, -0.1) is 0 Å². The Morgan fingerprint density at radius 2 is 1.86 bits per heavy atom. The Balaban J connectivity index is 2.33. The minimum absolute atomic E-state index is 0.151. The molecule has 3 rings (SSSR count). The van der Waals surface area contributed by atoms with Crippen molar-refractivity contribution in [2.45, 2.75) is 6.92 Å². The maximum absolute atomic E-state index is 13.1. The Morgan fingerprint density at radius 1 is 1.18 bits per heavy atom. The summed E-state index contributed by atoms with van der Waals surface area (Å²) in [7, 11) is 1.52. The Bertz CT molecular complexity index is 917. The molecule has 22 heavy (non-hydrogen) atoms. The fourth-order valence-corrected chi connectivity index (χ4v) is 2.78. The number of aromatic nitrogens is 1. The fourth-order valence-electron chi connectivity index (χ4n) is 2.53. The van der Waals surface area contributed by atoms with Gasteiger partial charge in [-0.1, -0.05) is 23.7 Å². The molecule has 112 valence electrons. The molecule has 0 unspecified atom stereocenters. The molecule has 0 saturated carbocycles. The van der Waals surface area contributed by atoms with Crippen molar-refractivity contribution in [1.29, 1.82) is 0 Å². The highest BCUT2D eigenvalue weighted by molar-refractivity contribution is 6.32. The first kappa shape index (κ1) is 14.6. The Hall–Kier alpha value is -2.33. The van der Waals surface area contributed by atoms with E-state index in [1.807, 2.05) is 0 Å². The molecule has 3 aromatic rings. The van der Waals surface area contributed by atoms with Crippen molar-refractivity contribution in [1.82, 2.24) is 4.98 Å². The summed E-state index contributed by atoms with van der Waals surface area (Å²) in [5, 5.41) is 0.838. The summed E-state index contributed by atoms with van der Waals surface area (Å²) in [6.07, 6.45) is 0. The predicted molar refractivity (Wildman–Crippen MR) is 86.3 cm³/mol. The predicted octanol–water partition coefficient (Wildman–Crippen LogP) is 4.30. The molecule has 0 atom stereocenters. The normalized spacial score (nSPS) is 10.9. The molecule has 0 bridgehead atoms. The summed E-state index contributed by atoms with van der Waals surface area (Å²) in [4.78, 5) is 16.0. The number of aromatic amines is 1. The van der Waals surface area contributed by atoms with Gasteiger partial charge < -0.3 is 9.72 Å². The number of hydrogen-bond acceptors (Lipinski definition) is 2. The molecule has 5 heteroatoms. The van der Waals surface area contributed by atoms with Crippen LogP contribution in [0.25, 0.3) is 22.0 Å². The number of benzene rings is 2. The first-order valence-corrected chi connectivity index (χ1v) is 7.05. The Labute approximate surface area is 131 Å². The lowest BCUT2D eigenvalue weighted by atomic mass is 10.0. The van der Waals surface area contributed by atoms with Gasteiger partial charge in [-0.25, -0.2) is 4.39 Å². The van der Waals surface area contributed by atoms with Crippen LogP contribution in [-0.2, 0) is 0 Å². The van der Waals surface area contributed by atoms with Gasteiger partial charge in [-0.3, -0.25) is 4.79 Å². The number of halogens is 2. The third-order valence-corrected chi connectivity index (χ3v) is 3.89. The number of pyridine rings is 1. The van der Waals surface area contributed by atoms with Gasteiger partial charge in [0.25, 0.3) is 0 Å². The van der Waals surface area contributed by atoms with Crippen molar-refractivity contribution < 1.29 is 9.13 Å². The minimum atomic E-state index is -0.341. The molecule has 0 aliphatic rings. The molecule has 0 saturated heterocycles. The van der Waals surface area contributed by atoms with Crippen LogP contribution in [0.2, 0.25) is 5.02 Å². The summed E-state index contributed by atoms with van der Waals surface area (Å²) in [6.45, 7) is 1.81. The number of nitrogens with one attached hydrogen (secondary N) is 1. The van der Waals surface area contributed by atoms with Gasteiger partial charge in [0.2, 0.25) is 0 Å². The van der Waals surface area contributed by atoms with Crippen molar-refractivity contribution in [3.8, 4) is 16.9 Å². The van der Waals surface area contributed by atoms with E-state index in [1.54, 1.807) is 31.2 Å². The number of H-pyrrole nitrogens is 1. The van der Waals surface area contributed by atoms with Gasteiger partial charge in [0.05, 0.1) is 17.6 Å². The molecular formula is C17H13ClFNO2. The SMILES string of the molecule is COc1cc2[nH]c(C)c(-c3ccc(F)cc3)c(=O)c2cc1Cl. The molecule has 0 radical (unpaired) electrons. The quantitative estimate of drug-likeness (QED) is 0.765. The monoisotopic (exact) mass is 317 g/mol. The summed E-state index contributed by atoms with van der Waals surface area (Å²) < 4.78 is 18.2. The average Bonchev–Trinajstić information content (AvgIpc) is 2.49. The molecule has 0 spiro atoms. The van der Waals surface area contributed by atoms with Crippen LogP contribution in [0.3, 0.4) is 0 Å². The molecule has 2 aromatic carbocycles. The zero-order valence-corrected chi connectivity index (χ0v) is 12.8. The van der Waals surface area contributed by atoms with Crippen LogP contribution in [0, 0.1) is 12.7 Å². The van der Waals surface area contributed by atoms with Crippen LogP contribution < -0.4 is 10.2 Å². The fraction of sp³-hybridized carbons (Fsp3) is 0.118. The lowest BCUT2D eigenvalue weighted by Crippen LogP contribution is -2.10. The third kappa shape index (κ3) is 2.35. The molecule has 0 fully saturated rings. The number of rotatable bonds is 2. The van der Waals surface area contributed by atoms with Crippen LogP contribution in [0.1, 0.15) is 5.69 Å². The highest BCUT2D eigenvalue weighted by atomic mass is 35.5. The Morgan fingerprint density at radius 3 is 2.50 bits per heavy atom. The van der Waals surface area contributed by atoms with Crippen molar-refractivity contribution >= 4 is 22.5 Å². The standard InChI is InChI=1S/C17H13ClFNO2/c1-9-16(10-3-5-11(19)6-4-10)17(21)12-7-13(18)15(22-2)8-14(12)20-9/h3-8H,1-2H3,(H,20,21). The molecule has 3 nitrogen and oxygen atoms in total. The van der Waals surface area contributed by atoms with Gasteiger partial charge in [0.15, 0.2) is 5.43 Å². The van der Waals surface area contributed by atoms with Crippen LogP contribution in [0.4, 0.5) is 4.39 Å². The molecule has 0 amide bonds. The van der Waals surface area contributed by atoms with E-state index in [9.17, 15) is 9.18 Å². The van der Waals surface area contributed by atoms with E-state index in [0.717, 1.165) is 0 Å². The molecule has 1 heterocycles. The second-order valence-corrected chi connectivity index (χ2v) is 5.40. The zero-order chi connectivity index (χ0) is 15.9. The first-order chi connectivity index (χ1) is 10.5. The highest BCUT2D eigenvalue weighted by Crippen LogP contribution is 2.29. The zero-order valence-electron chi connectivity index (χ0n) is 12.0. The van der Waals surface area contributed by atoms with Gasteiger partial charge in [-0.05, 0) is 30.7 Å². The second kappa shape index (κ2) is 5.46. The molecular weight excluding hydrogens is 305 g/mol. The van der Waals surface area contributed by atoms with Crippen LogP contribution in [-0.4, -0.2) is 12.1 Å². The van der Waals surface area contributed by atoms with E-state index in [0.29, 0.717) is 38.5 Å². The number of methoxy groups -OCH3 is 1. The maximum atomic E-state index is 13.1. The van der Waals surface area contributed by atoms with Crippen LogP contribution in [0.5, 0.6) is 5.75 Å². The summed E-state index contributed by atoms with van der Waals surface area (Å²) in [6, 6.07) is 9.12. The molecule has 0 aliphatic heterocycles. The van der Waals surface area contributed by atoms with Crippen molar-refractivity contribution in [3.63, 3.8) is 0 Å². The largest absolute Gasteiger partial charge is 0.495 e. The van der Waals surface area contributed by atoms with E-state index in [4.69, 9.17) is 16.3 Å². The second-order valence-electron chi connectivity index (χ2n) is 4.99. The van der Waals surface area contributed by atoms with E-state index in [1.165, 1.54) is 19.2 Å². The van der Waals surface area contributed by atoms with Gasteiger partial charge in [0.1, 0.15) is 11.6 Å². The first-order valence-electron chi connectivity index (χ1n) is 6.67.